The van der Waals surface area contributed by atoms with E-state index in [1.165, 1.54) is 17.0 Å². The zero-order valence-corrected chi connectivity index (χ0v) is 8.02. The van der Waals surface area contributed by atoms with E-state index in [4.69, 9.17) is 4.74 Å². The molecule has 4 heteroatoms. The third-order valence-corrected chi connectivity index (χ3v) is 1.23. The van der Waals surface area contributed by atoms with Gasteiger partial charge in [0.05, 0.1) is 12.4 Å². The molecule has 0 aromatic carbocycles. The zero-order chi connectivity index (χ0) is 9.90. The standard InChI is InChI=1S/C9H13N2O2/c1-9(2,3)13-8(12)11-6-4-10-5-7-11/h4-7H,1-3H3/q+1. The van der Waals surface area contributed by atoms with Gasteiger partial charge in [-0.05, 0) is 20.8 Å². The fourth-order valence-corrected chi connectivity index (χ4v) is 0.756. The molecule has 0 spiro atoms. The van der Waals surface area contributed by atoms with Crippen molar-refractivity contribution in [2.75, 3.05) is 0 Å². The van der Waals surface area contributed by atoms with Crippen LogP contribution in [0.15, 0.2) is 24.8 Å². The van der Waals surface area contributed by atoms with Gasteiger partial charge in [0, 0.05) is 0 Å². The second-order valence-electron chi connectivity index (χ2n) is 3.63. The van der Waals surface area contributed by atoms with Crippen LogP contribution in [-0.2, 0) is 4.74 Å². The molecule has 1 rings (SSSR count). The largest absolute Gasteiger partial charge is 0.602 e. The number of carbonyl (C=O) groups is 1. The van der Waals surface area contributed by atoms with Gasteiger partial charge < -0.3 is 4.74 Å². The van der Waals surface area contributed by atoms with Gasteiger partial charge in [0.25, 0.3) is 0 Å². The normalized spacial score (nSPS) is 11.0. The minimum atomic E-state index is -0.465. The van der Waals surface area contributed by atoms with E-state index in [9.17, 15) is 4.79 Å². The quantitative estimate of drug-likeness (QED) is 0.564. The Morgan fingerprint density at radius 3 is 2.31 bits per heavy atom. The maximum absolute atomic E-state index is 11.4. The molecule has 0 bridgehead atoms. The number of hydrogen-bond acceptors (Lipinski definition) is 3. The highest BCUT2D eigenvalue weighted by molar-refractivity contribution is 5.57. The average molecular weight is 181 g/mol. The lowest BCUT2D eigenvalue weighted by Crippen LogP contribution is -2.45. The van der Waals surface area contributed by atoms with E-state index in [1.54, 1.807) is 12.4 Å². The van der Waals surface area contributed by atoms with Gasteiger partial charge in [0.1, 0.15) is 5.60 Å². The summed E-state index contributed by atoms with van der Waals surface area (Å²) in [6.45, 7) is 5.48. The number of rotatable bonds is 0. The first-order valence-electron chi connectivity index (χ1n) is 4.04. The lowest BCUT2D eigenvalue weighted by atomic mass is 10.2. The summed E-state index contributed by atoms with van der Waals surface area (Å²) in [6.07, 6.45) is 5.77. The Labute approximate surface area is 77.2 Å². The fourth-order valence-electron chi connectivity index (χ4n) is 0.756. The molecule has 0 radical (unpaired) electrons. The van der Waals surface area contributed by atoms with Crippen molar-refractivity contribution in [2.45, 2.75) is 26.4 Å². The summed E-state index contributed by atoms with van der Waals surface area (Å²) in [4.78, 5) is 15.2. The lowest BCUT2D eigenvalue weighted by Gasteiger charge is -2.15. The molecule has 0 saturated heterocycles. The zero-order valence-electron chi connectivity index (χ0n) is 8.02. The Morgan fingerprint density at radius 1 is 1.31 bits per heavy atom. The van der Waals surface area contributed by atoms with Crippen LogP contribution in [0.1, 0.15) is 20.8 Å². The molecule has 13 heavy (non-hydrogen) atoms. The molecule has 1 aromatic heterocycles. The number of hydrogen-bond donors (Lipinski definition) is 0. The van der Waals surface area contributed by atoms with Crippen LogP contribution in [0.5, 0.6) is 0 Å². The van der Waals surface area contributed by atoms with Gasteiger partial charge in [0.15, 0.2) is 12.4 Å². The smallest absolute Gasteiger partial charge is 0.406 e. The molecule has 1 heterocycles. The van der Waals surface area contributed by atoms with Crippen molar-refractivity contribution in [3.8, 4) is 0 Å². The first-order chi connectivity index (χ1) is 5.99. The van der Waals surface area contributed by atoms with Crippen molar-refractivity contribution in [2.24, 2.45) is 0 Å². The summed E-state index contributed by atoms with van der Waals surface area (Å²) in [5.41, 5.74) is -0.465. The molecule has 0 atom stereocenters. The topological polar surface area (TPSA) is 43.1 Å². The van der Waals surface area contributed by atoms with Crippen LogP contribution in [0.25, 0.3) is 0 Å². The van der Waals surface area contributed by atoms with Gasteiger partial charge in [-0.25, -0.2) is 0 Å². The van der Waals surface area contributed by atoms with Crippen LogP contribution in [0.2, 0.25) is 0 Å². The molecule has 4 nitrogen and oxygen atoms in total. The van der Waals surface area contributed by atoms with E-state index >= 15 is 0 Å². The summed E-state index contributed by atoms with van der Waals surface area (Å²) in [5, 5.41) is 0. The van der Waals surface area contributed by atoms with E-state index < -0.39 is 11.7 Å². The van der Waals surface area contributed by atoms with E-state index in [0.717, 1.165) is 0 Å². The van der Waals surface area contributed by atoms with Crippen molar-refractivity contribution in [3.05, 3.63) is 24.8 Å². The van der Waals surface area contributed by atoms with Crippen molar-refractivity contribution < 1.29 is 14.1 Å². The Bertz CT molecular complexity index is 290. The van der Waals surface area contributed by atoms with Gasteiger partial charge in [-0.2, -0.15) is 4.79 Å². The molecule has 70 valence electrons. The highest BCUT2D eigenvalue weighted by Crippen LogP contribution is 2.05. The molecule has 0 unspecified atom stereocenters. The van der Waals surface area contributed by atoms with Crippen molar-refractivity contribution in [1.82, 2.24) is 4.98 Å². The second kappa shape index (κ2) is 3.51. The van der Waals surface area contributed by atoms with Crippen molar-refractivity contribution in [3.63, 3.8) is 0 Å². The van der Waals surface area contributed by atoms with E-state index in [0.29, 0.717) is 0 Å². The minimum Gasteiger partial charge on any atom is -0.406 e. The number of nitrogens with zero attached hydrogens (tertiary/aromatic N) is 2. The molecule has 1 aromatic rings. The summed E-state index contributed by atoms with van der Waals surface area (Å²) >= 11 is 0. The molecule has 0 amide bonds. The first kappa shape index (κ1) is 9.64. The lowest BCUT2D eigenvalue weighted by molar-refractivity contribution is -0.589. The van der Waals surface area contributed by atoms with E-state index in [-0.39, 0.29) is 0 Å². The number of carbonyl (C=O) groups excluding carboxylic acids is 1. The molecular formula is C9H13N2O2+. The highest BCUT2D eigenvalue weighted by atomic mass is 16.6. The summed E-state index contributed by atoms with van der Waals surface area (Å²) in [5.74, 6) is 0. The molecule has 0 fully saturated rings. The molecule has 0 aliphatic rings. The van der Waals surface area contributed by atoms with Gasteiger partial charge in [-0.3, -0.25) is 4.98 Å². The average Bonchev–Trinajstić information content (AvgIpc) is 2.03. The predicted molar refractivity (Wildman–Crippen MR) is 46.1 cm³/mol. The molecule has 0 saturated carbocycles. The second-order valence-corrected chi connectivity index (χ2v) is 3.63. The Hall–Kier alpha value is -1.45. The van der Waals surface area contributed by atoms with Crippen LogP contribution in [-0.4, -0.2) is 16.7 Å². The summed E-state index contributed by atoms with van der Waals surface area (Å²) in [7, 11) is 0. The maximum atomic E-state index is 11.4. The highest BCUT2D eigenvalue weighted by Gasteiger charge is 2.23. The predicted octanol–water partition coefficient (Wildman–Crippen LogP) is 1.15. The Morgan fingerprint density at radius 2 is 1.85 bits per heavy atom. The maximum Gasteiger partial charge on any atom is 0.602 e. The summed E-state index contributed by atoms with van der Waals surface area (Å²) < 4.78 is 6.47. The number of ether oxygens (including phenoxy) is 1. The monoisotopic (exact) mass is 181 g/mol. The first-order valence-corrected chi connectivity index (χ1v) is 4.04. The van der Waals surface area contributed by atoms with E-state index in [2.05, 4.69) is 4.98 Å². The van der Waals surface area contributed by atoms with Gasteiger partial charge in [0.2, 0.25) is 0 Å². The summed E-state index contributed by atoms with van der Waals surface area (Å²) in [6, 6.07) is 0. The van der Waals surface area contributed by atoms with E-state index in [1.807, 2.05) is 20.8 Å². The van der Waals surface area contributed by atoms with Crippen LogP contribution in [0.3, 0.4) is 0 Å². The van der Waals surface area contributed by atoms with Gasteiger partial charge in [-0.1, -0.05) is 4.57 Å². The third-order valence-electron chi connectivity index (χ3n) is 1.23. The van der Waals surface area contributed by atoms with Crippen LogP contribution in [0, 0.1) is 0 Å². The van der Waals surface area contributed by atoms with Crippen LogP contribution >= 0.6 is 0 Å². The molecule has 0 aliphatic heterocycles. The third kappa shape index (κ3) is 3.19. The van der Waals surface area contributed by atoms with Crippen LogP contribution in [0.4, 0.5) is 4.79 Å². The van der Waals surface area contributed by atoms with Crippen LogP contribution < -0.4 is 4.57 Å². The molecular weight excluding hydrogens is 168 g/mol. The van der Waals surface area contributed by atoms with Gasteiger partial charge >= 0.3 is 6.09 Å². The Kier molecular flexibility index (Phi) is 2.60. The minimum absolute atomic E-state index is 0.394. The Balaban J connectivity index is 2.71. The molecule has 0 aliphatic carbocycles. The molecule has 0 N–H and O–H groups in total. The SMILES string of the molecule is CC(C)(C)OC(=O)[n+]1ccncc1. The number of aromatic nitrogens is 2. The van der Waals surface area contributed by atoms with Crippen molar-refractivity contribution in [1.29, 1.82) is 0 Å². The van der Waals surface area contributed by atoms with Gasteiger partial charge in [-0.15, -0.1) is 0 Å². The fraction of sp³-hybridized carbons (Fsp3) is 0.444. The van der Waals surface area contributed by atoms with Crippen molar-refractivity contribution >= 4 is 6.09 Å².